The normalized spacial score (nSPS) is 21.1. The van der Waals surface area contributed by atoms with E-state index < -0.39 is 11.6 Å². The molecule has 20 heavy (non-hydrogen) atoms. The lowest BCUT2D eigenvalue weighted by atomic mass is 10.0. The van der Waals surface area contributed by atoms with Crippen molar-refractivity contribution in [3.63, 3.8) is 0 Å². The summed E-state index contributed by atoms with van der Waals surface area (Å²) in [7, 11) is 0. The van der Waals surface area contributed by atoms with Crippen LogP contribution in [0.2, 0.25) is 0 Å². The molecule has 1 aliphatic rings. The fourth-order valence-electron chi connectivity index (χ4n) is 2.96. The number of hydrogen-bond acceptors (Lipinski definition) is 2. The Morgan fingerprint density at radius 1 is 1.35 bits per heavy atom. The van der Waals surface area contributed by atoms with Gasteiger partial charge in [-0.2, -0.15) is 0 Å². The van der Waals surface area contributed by atoms with Crippen LogP contribution in [-0.2, 0) is 0 Å². The van der Waals surface area contributed by atoms with Gasteiger partial charge in [-0.3, -0.25) is 4.90 Å². The van der Waals surface area contributed by atoms with E-state index in [0.717, 1.165) is 25.7 Å². The van der Waals surface area contributed by atoms with Gasteiger partial charge in [-0.1, -0.05) is 19.4 Å². The quantitative estimate of drug-likeness (QED) is 0.889. The number of rotatable bonds is 5. The monoisotopic (exact) mass is 282 g/mol. The van der Waals surface area contributed by atoms with Crippen LogP contribution in [0.25, 0.3) is 0 Å². The van der Waals surface area contributed by atoms with Crippen LogP contribution in [0, 0.1) is 11.6 Å². The van der Waals surface area contributed by atoms with E-state index in [2.05, 4.69) is 17.1 Å². The molecule has 2 nitrogen and oxygen atoms in total. The van der Waals surface area contributed by atoms with Gasteiger partial charge >= 0.3 is 0 Å². The van der Waals surface area contributed by atoms with Gasteiger partial charge in [0.1, 0.15) is 11.6 Å². The van der Waals surface area contributed by atoms with Crippen LogP contribution < -0.4 is 5.32 Å². The maximum Gasteiger partial charge on any atom is 0.130 e. The maximum absolute atomic E-state index is 13.9. The number of nitrogens with one attached hydrogen (secondary N) is 1. The number of benzene rings is 1. The van der Waals surface area contributed by atoms with Crippen molar-refractivity contribution >= 4 is 0 Å². The first kappa shape index (κ1) is 15.4. The van der Waals surface area contributed by atoms with E-state index in [9.17, 15) is 8.78 Å². The van der Waals surface area contributed by atoms with Crippen molar-refractivity contribution in [2.45, 2.75) is 45.2 Å². The number of halogens is 2. The molecule has 0 amide bonds. The van der Waals surface area contributed by atoms with Crippen LogP contribution in [0.3, 0.4) is 0 Å². The summed E-state index contributed by atoms with van der Waals surface area (Å²) in [4.78, 5) is 2.25. The summed E-state index contributed by atoms with van der Waals surface area (Å²) in [5.74, 6) is -0.969. The summed E-state index contributed by atoms with van der Waals surface area (Å²) in [6.07, 6.45) is 3.68. The van der Waals surface area contributed by atoms with Crippen molar-refractivity contribution in [1.82, 2.24) is 10.2 Å². The molecule has 1 aromatic carbocycles. The van der Waals surface area contributed by atoms with E-state index in [0.29, 0.717) is 11.6 Å². The Balaban J connectivity index is 2.05. The molecule has 1 aliphatic heterocycles. The molecule has 0 saturated carbocycles. The number of nitrogens with zero attached hydrogens (tertiary/aromatic N) is 1. The van der Waals surface area contributed by atoms with Crippen molar-refractivity contribution in [1.29, 1.82) is 0 Å². The van der Waals surface area contributed by atoms with Gasteiger partial charge in [-0.25, -0.2) is 8.78 Å². The predicted octanol–water partition coefficient (Wildman–Crippen LogP) is 3.49. The summed E-state index contributed by atoms with van der Waals surface area (Å²) >= 11 is 0. The number of hydrogen-bond donors (Lipinski definition) is 1. The zero-order chi connectivity index (χ0) is 14.5. The average Bonchev–Trinajstić information content (AvgIpc) is 2.45. The Kier molecular flexibility index (Phi) is 5.49. The molecule has 1 saturated heterocycles. The maximum atomic E-state index is 13.9. The van der Waals surface area contributed by atoms with Crippen LogP contribution in [-0.4, -0.2) is 30.6 Å². The number of piperidine rings is 1. The van der Waals surface area contributed by atoms with Gasteiger partial charge in [0, 0.05) is 30.3 Å². The van der Waals surface area contributed by atoms with Gasteiger partial charge < -0.3 is 5.32 Å². The molecule has 2 rings (SSSR count). The third-order valence-electron chi connectivity index (χ3n) is 4.23. The fraction of sp³-hybridized carbons (Fsp3) is 0.625. The molecule has 0 radical (unpaired) electrons. The SMILES string of the molecule is CCN(CC1CCCCN1)C(C)c1ccc(F)cc1F. The van der Waals surface area contributed by atoms with Crippen LogP contribution in [0.4, 0.5) is 8.78 Å². The minimum Gasteiger partial charge on any atom is -0.313 e. The van der Waals surface area contributed by atoms with E-state index in [4.69, 9.17) is 0 Å². The standard InChI is InChI=1S/C16H24F2N2/c1-3-20(11-14-6-4-5-9-19-14)12(2)15-8-7-13(17)10-16(15)18/h7-8,10,12,14,19H,3-6,9,11H2,1-2H3. The van der Waals surface area contributed by atoms with E-state index in [1.807, 2.05) is 6.92 Å². The average molecular weight is 282 g/mol. The molecular weight excluding hydrogens is 258 g/mol. The highest BCUT2D eigenvalue weighted by atomic mass is 19.1. The van der Waals surface area contributed by atoms with Gasteiger partial charge in [-0.15, -0.1) is 0 Å². The van der Waals surface area contributed by atoms with Gasteiger partial charge in [-0.05, 0) is 38.9 Å². The zero-order valence-electron chi connectivity index (χ0n) is 12.3. The minimum atomic E-state index is -0.518. The highest BCUT2D eigenvalue weighted by molar-refractivity contribution is 5.21. The van der Waals surface area contributed by atoms with E-state index >= 15 is 0 Å². The molecule has 112 valence electrons. The van der Waals surface area contributed by atoms with Gasteiger partial charge in [0.2, 0.25) is 0 Å². The largest absolute Gasteiger partial charge is 0.313 e. The van der Waals surface area contributed by atoms with Crippen molar-refractivity contribution in [3.05, 3.63) is 35.4 Å². The molecule has 1 fully saturated rings. The van der Waals surface area contributed by atoms with Crippen LogP contribution in [0.1, 0.15) is 44.7 Å². The number of likely N-dealkylation sites (N-methyl/N-ethyl adjacent to an activating group) is 1. The first-order valence-corrected chi connectivity index (χ1v) is 7.54. The molecule has 0 aliphatic carbocycles. The molecule has 4 heteroatoms. The topological polar surface area (TPSA) is 15.3 Å². The Morgan fingerprint density at radius 3 is 2.75 bits per heavy atom. The van der Waals surface area contributed by atoms with Crippen LogP contribution in [0.15, 0.2) is 18.2 Å². The van der Waals surface area contributed by atoms with Crippen LogP contribution >= 0.6 is 0 Å². The fourth-order valence-corrected chi connectivity index (χ4v) is 2.96. The van der Waals surface area contributed by atoms with Crippen molar-refractivity contribution in [3.8, 4) is 0 Å². The molecule has 0 spiro atoms. The third kappa shape index (κ3) is 3.76. The minimum absolute atomic E-state index is 0.0377. The molecule has 1 aromatic rings. The molecule has 2 atom stereocenters. The van der Waals surface area contributed by atoms with Crippen molar-refractivity contribution < 1.29 is 8.78 Å². The second-order valence-electron chi connectivity index (χ2n) is 5.58. The molecule has 1 N–H and O–H groups in total. The van der Waals surface area contributed by atoms with E-state index in [-0.39, 0.29) is 6.04 Å². The highest BCUT2D eigenvalue weighted by Gasteiger charge is 2.22. The summed E-state index contributed by atoms with van der Waals surface area (Å²) < 4.78 is 26.9. The summed E-state index contributed by atoms with van der Waals surface area (Å²) in [6, 6.07) is 4.31. The zero-order valence-corrected chi connectivity index (χ0v) is 12.3. The molecule has 2 unspecified atom stereocenters. The molecule has 0 bridgehead atoms. The predicted molar refractivity (Wildman–Crippen MR) is 77.7 cm³/mol. The summed E-state index contributed by atoms with van der Waals surface area (Å²) in [5.41, 5.74) is 0.573. The van der Waals surface area contributed by atoms with Crippen LogP contribution in [0.5, 0.6) is 0 Å². The smallest absolute Gasteiger partial charge is 0.130 e. The Morgan fingerprint density at radius 2 is 2.15 bits per heavy atom. The second kappa shape index (κ2) is 7.14. The molecule has 1 heterocycles. The third-order valence-corrected chi connectivity index (χ3v) is 4.23. The van der Waals surface area contributed by atoms with E-state index in [1.165, 1.54) is 25.3 Å². The Bertz CT molecular complexity index is 430. The lowest BCUT2D eigenvalue weighted by Crippen LogP contribution is -2.44. The van der Waals surface area contributed by atoms with Crippen molar-refractivity contribution in [2.75, 3.05) is 19.6 Å². The molecular formula is C16H24F2N2. The lowest BCUT2D eigenvalue weighted by Gasteiger charge is -2.34. The lowest BCUT2D eigenvalue weighted by molar-refractivity contribution is 0.181. The van der Waals surface area contributed by atoms with Gasteiger partial charge in [0.25, 0.3) is 0 Å². The Hall–Kier alpha value is -1.00. The van der Waals surface area contributed by atoms with Crippen molar-refractivity contribution in [2.24, 2.45) is 0 Å². The summed E-state index contributed by atoms with van der Waals surface area (Å²) in [6.45, 7) is 6.91. The molecule has 0 aromatic heterocycles. The second-order valence-corrected chi connectivity index (χ2v) is 5.58. The van der Waals surface area contributed by atoms with Gasteiger partial charge in [0.15, 0.2) is 0 Å². The van der Waals surface area contributed by atoms with Gasteiger partial charge in [0.05, 0.1) is 0 Å². The summed E-state index contributed by atoms with van der Waals surface area (Å²) in [5, 5.41) is 3.52. The highest BCUT2D eigenvalue weighted by Crippen LogP contribution is 2.24. The Labute approximate surface area is 120 Å². The first-order valence-electron chi connectivity index (χ1n) is 7.54. The van der Waals surface area contributed by atoms with E-state index in [1.54, 1.807) is 6.07 Å². The first-order chi connectivity index (χ1) is 9.61.